The molecule has 0 aliphatic rings. The van der Waals surface area contributed by atoms with Crippen LogP contribution in [0.2, 0.25) is 0 Å². The number of thioether (sulfide) groups is 1. The Kier molecular flexibility index (Phi) is 5.58. The second-order valence-electron chi connectivity index (χ2n) is 4.45. The number of aliphatic carboxylic acids is 1. The van der Waals surface area contributed by atoms with Gasteiger partial charge in [-0.05, 0) is 28.5 Å². The van der Waals surface area contributed by atoms with Crippen LogP contribution < -0.4 is 10.8 Å². The zero-order valence-electron chi connectivity index (χ0n) is 12.0. The molecule has 120 valence electrons. The lowest BCUT2D eigenvalue weighted by Crippen LogP contribution is -2.17. The van der Waals surface area contributed by atoms with Gasteiger partial charge in [-0.2, -0.15) is 0 Å². The summed E-state index contributed by atoms with van der Waals surface area (Å²) in [6.45, 7) is 0. The van der Waals surface area contributed by atoms with Crippen LogP contribution in [0.1, 0.15) is 12.1 Å². The zero-order valence-corrected chi connectivity index (χ0v) is 12.8. The quantitative estimate of drug-likeness (QED) is 0.172. The highest BCUT2D eigenvalue weighted by molar-refractivity contribution is 7.99. The molecule has 0 saturated heterocycles. The summed E-state index contributed by atoms with van der Waals surface area (Å²) in [5.74, 6) is -1.09. The number of carboxylic acids is 1. The van der Waals surface area contributed by atoms with E-state index in [-0.39, 0.29) is 34.5 Å². The number of halogens is 1. The van der Waals surface area contributed by atoms with Crippen molar-refractivity contribution in [2.75, 3.05) is 11.1 Å². The molecule has 1 heterocycles. The molecule has 0 unspecified atom stereocenters. The van der Waals surface area contributed by atoms with Gasteiger partial charge in [-0.3, -0.25) is 4.79 Å². The second-order valence-corrected chi connectivity index (χ2v) is 5.53. The van der Waals surface area contributed by atoms with Crippen molar-refractivity contribution in [2.45, 2.75) is 11.4 Å². The summed E-state index contributed by atoms with van der Waals surface area (Å²) in [5, 5.41) is 31.2. The van der Waals surface area contributed by atoms with Gasteiger partial charge >= 0.3 is 5.97 Å². The fourth-order valence-electron chi connectivity index (χ4n) is 1.65. The lowest BCUT2D eigenvalue weighted by Gasteiger charge is -2.07. The van der Waals surface area contributed by atoms with E-state index in [0.29, 0.717) is 11.2 Å². The Labute approximate surface area is 135 Å². The number of nitrogens with zero attached hydrogens (tertiary/aromatic N) is 3. The van der Waals surface area contributed by atoms with E-state index in [1.165, 1.54) is 18.2 Å². The summed E-state index contributed by atoms with van der Waals surface area (Å²) >= 11 is 1.10. The molecule has 0 saturated carbocycles. The van der Waals surface area contributed by atoms with Crippen LogP contribution in [0, 0.1) is 5.82 Å². The van der Waals surface area contributed by atoms with Gasteiger partial charge in [0.1, 0.15) is 13.7 Å². The predicted molar refractivity (Wildman–Crippen MR) is 83.8 cm³/mol. The largest absolute Gasteiger partial charge is 0.481 e. The molecular weight excluding hydrogens is 326 g/mol. The van der Waals surface area contributed by atoms with E-state index in [0.717, 1.165) is 11.8 Å². The van der Waals surface area contributed by atoms with Crippen LogP contribution in [-0.2, 0) is 4.79 Å². The molecule has 2 rings (SSSR count). The van der Waals surface area contributed by atoms with E-state index in [2.05, 4.69) is 25.4 Å². The molecule has 8 nitrogen and oxygen atoms in total. The number of hydrogen-bond acceptors (Lipinski definition) is 7. The Hall–Kier alpha value is -2.56. The highest BCUT2D eigenvalue weighted by Gasteiger charge is 2.18. The van der Waals surface area contributed by atoms with Crippen molar-refractivity contribution in [3.05, 3.63) is 29.7 Å². The summed E-state index contributed by atoms with van der Waals surface area (Å²) in [7, 11) is 1.60. The van der Waals surface area contributed by atoms with Crippen molar-refractivity contribution in [1.29, 1.82) is 0 Å². The van der Waals surface area contributed by atoms with Gasteiger partial charge < -0.3 is 15.6 Å². The van der Waals surface area contributed by atoms with Crippen LogP contribution in [0.3, 0.4) is 0 Å². The summed E-state index contributed by atoms with van der Waals surface area (Å²) in [5.41, 5.74) is 1.03. The number of oxime groups is 1. The van der Waals surface area contributed by atoms with E-state index < -0.39 is 5.97 Å². The second kappa shape index (κ2) is 7.63. The van der Waals surface area contributed by atoms with Crippen molar-refractivity contribution in [1.82, 2.24) is 10.3 Å². The number of rotatable bonds is 6. The molecule has 0 amide bonds. The smallest absolute Gasteiger partial charge is 0.304 e. The van der Waals surface area contributed by atoms with Crippen molar-refractivity contribution in [3.63, 3.8) is 0 Å². The minimum absolute atomic E-state index is 0.0462. The Balaban J connectivity index is 2.13. The number of anilines is 1. The molecular formula is C12H12BFN4O4S. The Morgan fingerprint density at radius 3 is 2.91 bits per heavy atom. The molecule has 0 radical (unpaired) electrons. The van der Waals surface area contributed by atoms with Gasteiger partial charge in [-0.15, -0.1) is 0 Å². The number of carboxylic acid groups (broad SMARTS) is 1. The van der Waals surface area contributed by atoms with Crippen LogP contribution in [0.25, 0.3) is 0 Å². The summed E-state index contributed by atoms with van der Waals surface area (Å²) < 4.78 is 17.9. The Bertz CT molecular complexity index is 740. The van der Waals surface area contributed by atoms with Gasteiger partial charge in [0.05, 0.1) is 6.42 Å². The van der Waals surface area contributed by atoms with E-state index in [1.807, 2.05) is 0 Å². The summed E-state index contributed by atoms with van der Waals surface area (Å²) in [6.07, 6.45) is -0.0623. The Morgan fingerprint density at radius 2 is 2.26 bits per heavy atom. The van der Waals surface area contributed by atoms with Crippen molar-refractivity contribution >= 4 is 42.6 Å². The first-order chi connectivity index (χ1) is 11.0. The van der Waals surface area contributed by atoms with E-state index in [1.54, 1.807) is 7.85 Å². The molecule has 23 heavy (non-hydrogen) atoms. The van der Waals surface area contributed by atoms with E-state index in [9.17, 15) is 9.18 Å². The fraction of sp³-hybridized carbons (Fsp3) is 0.167. The standard InChI is InChI=1S/C12H12BFN4O4S/c13-7-5-6(1-2-8(7)14)15-11(16-21)10-12(18-22-17-10)23-4-3-9(19)20/h1-2,5,21H,3-4,13H2,(H,15,16)(H,19,20). The molecule has 1 aromatic heterocycles. The average molecular weight is 338 g/mol. The zero-order chi connectivity index (χ0) is 16.8. The van der Waals surface area contributed by atoms with Crippen molar-refractivity contribution < 1.29 is 24.1 Å². The third kappa shape index (κ3) is 4.46. The number of carbonyl (C=O) groups is 1. The maximum Gasteiger partial charge on any atom is 0.304 e. The van der Waals surface area contributed by atoms with Crippen LogP contribution in [-0.4, -0.2) is 46.0 Å². The number of amidine groups is 1. The molecule has 1 aromatic carbocycles. The van der Waals surface area contributed by atoms with Crippen LogP contribution >= 0.6 is 11.8 Å². The highest BCUT2D eigenvalue weighted by atomic mass is 32.2. The number of hydrogen-bond donors (Lipinski definition) is 3. The minimum atomic E-state index is -0.938. The number of nitrogens with one attached hydrogen (secondary N) is 1. The third-order valence-electron chi connectivity index (χ3n) is 2.76. The molecule has 0 atom stereocenters. The number of aromatic nitrogens is 2. The first-order valence-electron chi connectivity index (χ1n) is 6.44. The SMILES string of the molecule is Bc1cc(N/C(=N\O)c2nonc2SCCC(=O)O)ccc1F. The molecule has 2 aromatic rings. The predicted octanol–water partition coefficient (Wildman–Crippen LogP) is 0.282. The normalized spacial score (nSPS) is 11.4. The van der Waals surface area contributed by atoms with Crippen LogP contribution in [0.15, 0.2) is 33.0 Å². The van der Waals surface area contributed by atoms with Crippen LogP contribution in [0.5, 0.6) is 0 Å². The topological polar surface area (TPSA) is 121 Å². The molecule has 3 N–H and O–H groups in total. The minimum Gasteiger partial charge on any atom is -0.481 e. The average Bonchev–Trinajstić information content (AvgIpc) is 2.96. The molecule has 11 heteroatoms. The van der Waals surface area contributed by atoms with Gasteiger partial charge in [-0.1, -0.05) is 22.4 Å². The molecule has 0 aliphatic heterocycles. The maximum atomic E-state index is 13.3. The van der Waals surface area contributed by atoms with Gasteiger partial charge in [-0.25, -0.2) is 9.02 Å². The maximum absolute atomic E-state index is 13.3. The van der Waals surface area contributed by atoms with Gasteiger partial charge in [0.25, 0.3) is 0 Å². The molecule has 0 fully saturated rings. The molecule has 0 spiro atoms. The first kappa shape index (κ1) is 16.8. The lowest BCUT2D eigenvalue weighted by atomic mass is 9.95. The monoisotopic (exact) mass is 338 g/mol. The highest BCUT2D eigenvalue weighted by Crippen LogP contribution is 2.21. The van der Waals surface area contributed by atoms with E-state index in [4.69, 9.17) is 10.3 Å². The fourth-order valence-corrected chi connectivity index (χ4v) is 2.47. The summed E-state index contributed by atoms with van der Waals surface area (Å²) in [4.78, 5) is 10.5. The Morgan fingerprint density at radius 1 is 1.48 bits per heavy atom. The van der Waals surface area contributed by atoms with Gasteiger partial charge in [0, 0.05) is 11.4 Å². The van der Waals surface area contributed by atoms with Gasteiger partial charge in [0.2, 0.25) is 5.84 Å². The summed E-state index contributed by atoms with van der Waals surface area (Å²) in [6, 6.07) is 4.28. The molecule has 0 aliphatic carbocycles. The third-order valence-corrected chi connectivity index (χ3v) is 3.71. The van der Waals surface area contributed by atoms with Crippen molar-refractivity contribution in [2.24, 2.45) is 5.16 Å². The first-order valence-corrected chi connectivity index (χ1v) is 7.42. The van der Waals surface area contributed by atoms with E-state index >= 15 is 0 Å². The van der Waals surface area contributed by atoms with Crippen LogP contribution in [0.4, 0.5) is 10.1 Å². The van der Waals surface area contributed by atoms with Gasteiger partial charge in [0.15, 0.2) is 10.7 Å². The molecule has 0 bridgehead atoms. The lowest BCUT2D eigenvalue weighted by molar-refractivity contribution is -0.136. The van der Waals surface area contributed by atoms with Crippen molar-refractivity contribution in [3.8, 4) is 0 Å². The number of benzene rings is 1.